The van der Waals surface area contributed by atoms with Gasteiger partial charge in [-0.3, -0.25) is 0 Å². The van der Waals surface area contributed by atoms with Crippen LogP contribution in [0.2, 0.25) is 5.02 Å². The van der Waals surface area contributed by atoms with Crippen LogP contribution in [0.25, 0.3) is 0 Å². The number of furan rings is 1. The van der Waals surface area contributed by atoms with E-state index in [1.165, 1.54) is 12.1 Å². The lowest BCUT2D eigenvalue weighted by molar-refractivity contribution is 0.414. The van der Waals surface area contributed by atoms with Crippen LogP contribution < -0.4 is 5.32 Å². The summed E-state index contributed by atoms with van der Waals surface area (Å²) >= 11 is 10.9. The molecule has 1 heterocycles. The van der Waals surface area contributed by atoms with Gasteiger partial charge in [0.05, 0.1) is 17.8 Å². The van der Waals surface area contributed by atoms with Gasteiger partial charge in [-0.25, -0.2) is 4.39 Å². The van der Waals surface area contributed by atoms with Crippen molar-refractivity contribution in [1.29, 1.82) is 0 Å². The van der Waals surface area contributed by atoms with E-state index in [0.29, 0.717) is 17.3 Å². The standard InChI is InChI=1S/C13H12ClFN2OS/c1-17(8-10-3-2-6-18-10)13(19)16-9-4-5-12(15)11(14)7-9/h2-7H,8H2,1H3,(H,16,19). The minimum Gasteiger partial charge on any atom is -0.467 e. The maximum Gasteiger partial charge on any atom is 0.173 e. The highest BCUT2D eigenvalue weighted by atomic mass is 35.5. The van der Waals surface area contributed by atoms with Gasteiger partial charge in [-0.15, -0.1) is 0 Å². The number of thiocarbonyl (C=S) groups is 1. The van der Waals surface area contributed by atoms with Crippen LogP contribution in [0.15, 0.2) is 41.0 Å². The van der Waals surface area contributed by atoms with Gasteiger partial charge in [-0.2, -0.15) is 0 Å². The largest absolute Gasteiger partial charge is 0.467 e. The second-order valence-corrected chi connectivity index (χ2v) is 4.79. The highest BCUT2D eigenvalue weighted by Gasteiger charge is 2.08. The van der Waals surface area contributed by atoms with E-state index in [-0.39, 0.29) is 5.02 Å². The molecule has 0 aliphatic heterocycles. The Labute approximate surface area is 121 Å². The average molecular weight is 299 g/mol. The van der Waals surface area contributed by atoms with Gasteiger partial charge in [0.2, 0.25) is 0 Å². The Morgan fingerprint density at radius 1 is 1.47 bits per heavy atom. The number of hydrogen-bond donors (Lipinski definition) is 1. The molecule has 0 bridgehead atoms. The van der Waals surface area contributed by atoms with E-state index in [1.54, 1.807) is 12.3 Å². The van der Waals surface area contributed by atoms with Gasteiger partial charge < -0.3 is 14.6 Å². The van der Waals surface area contributed by atoms with Crippen molar-refractivity contribution in [3.63, 3.8) is 0 Å². The molecule has 0 radical (unpaired) electrons. The quantitative estimate of drug-likeness (QED) is 0.870. The molecule has 6 heteroatoms. The minimum atomic E-state index is -0.456. The molecule has 1 N–H and O–H groups in total. The molecule has 0 aliphatic rings. The van der Waals surface area contributed by atoms with Crippen molar-refractivity contribution in [2.75, 3.05) is 12.4 Å². The molecule has 0 unspecified atom stereocenters. The van der Waals surface area contributed by atoms with Gasteiger partial charge in [0.15, 0.2) is 5.11 Å². The van der Waals surface area contributed by atoms with Crippen molar-refractivity contribution in [1.82, 2.24) is 4.90 Å². The molecule has 0 fully saturated rings. The first kappa shape index (κ1) is 13.8. The maximum atomic E-state index is 13.0. The first-order valence-electron chi connectivity index (χ1n) is 5.56. The summed E-state index contributed by atoms with van der Waals surface area (Å²) in [4.78, 5) is 1.81. The summed E-state index contributed by atoms with van der Waals surface area (Å²) in [6, 6.07) is 8.05. The lowest BCUT2D eigenvalue weighted by atomic mass is 10.3. The molecule has 1 aromatic carbocycles. The molecule has 100 valence electrons. The van der Waals surface area contributed by atoms with Crippen LogP contribution in [0.3, 0.4) is 0 Å². The van der Waals surface area contributed by atoms with Gasteiger partial charge in [0.1, 0.15) is 11.6 Å². The third-order valence-electron chi connectivity index (χ3n) is 2.49. The third-order valence-corrected chi connectivity index (χ3v) is 3.19. The minimum absolute atomic E-state index is 0.0569. The number of halogens is 2. The zero-order valence-corrected chi connectivity index (χ0v) is 11.8. The highest BCUT2D eigenvalue weighted by molar-refractivity contribution is 7.80. The number of benzene rings is 1. The van der Waals surface area contributed by atoms with Crippen LogP contribution in [0, 0.1) is 5.82 Å². The zero-order valence-electron chi connectivity index (χ0n) is 10.2. The second-order valence-electron chi connectivity index (χ2n) is 3.99. The predicted molar refractivity (Wildman–Crippen MR) is 77.8 cm³/mol. The molecule has 19 heavy (non-hydrogen) atoms. The molecule has 0 saturated carbocycles. The lowest BCUT2D eigenvalue weighted by Crippen LogP contribution is -2.30. The van der Waals surface area contributed by atoms with Crippen molar-refractivity contribution in [2.45, 2.75) is 6.54 Å². The number of nitrogens with zero attached hydrogens (tertiary/aromatic N) is 1. The molecule has 3 nitrogen and oxygen atoms in total. The highest BCUT2D eigenvalue weighted by Crippen LogP contribution is 2.19. The fourth-order valence-electron chi connectivity index (χ4n) is 1.50. The predicted octanol–water partition coefficient (Wildman–Crippen LogP) is 3.90. The molecular weight excluding hydrogens is 287 g/mol. The van der Waals surface area contributed by atoms with E-state index in [1.807, 2.05) is 24.1 Å². The SMILES string of the molecule is CN(Cc1ccco1)C(=S)Nc1ccc(F)c(Cl)c1. The number of nitrogens with one attached hydrogen (secondary N) is 1. The summed E-state index contributed by atoms with van der Waals surface area (Å²) in [6.07, 6.45) is 1.61. The van der Waals surface area contributed by atoms with Crippen LogP contribution in [0.4, 0.5) is 10.1 Å². The number of hydrogen-bond acceptors (Lipinski definition) is 2. The lowest BCUT2D eigenvalue weighted by Gasteiger charge is -2.20. The maximum absolute atomic E-state index is 13.0. The van der Waals surface area contributed by atoms with Crippen molar-refractivity contribution < 1.29 is 8.81 Å². The van der Waals surface area contributed by atoms with Gasteiger partial charge in [-0.1, -0.05) is 11.6 Å². The monoisotopic (exact) mass is 298 g/mol. The Kier molecular flexibility index (Phi) is 4.39. The second kappa shape index (κ2) is 6.04. The van der Waals surface area contributed by atoms with E-state index in [9.17, 15) is 4.39 Å². The van der Waals surface area contributed by atoms with Crippen LogP contribution in [-0.2, 0) is 6.54 Å². The van der Waals surface area contributed by atoms with Crippen molar-refractivity contribution in [2.24, 2.45) is 0 Å². The first-order chi connectivity index (χ1) is 9.06. The first-order valence-corrected chi connectivity index (χ1v) is 6.34. The zero-order chi connectivity index (χ0) is 13.8. The summed E-state index contributed by atoms with van der Waals surface area (Å²) < 4.78 is 18.3. The fourth-order valence-corrected chi connectivity index (χ4v) is 1.86. The average Bonchev–Trinajstić information content (AvgIpc) is 2.86. The van der Waals surface area contributed by atoms with E-state index in [4.69, 9.17) is 28.2 Å². The van der Waals surface area contributed by atoms with Gasteiger partial charge in [0.25, 0.3) is 0 Å². The number of rotatable bonds is 3. The van der Waals surface area contributed by atoms with Crippen LogP contribution >= 0.6 is 23.8 Å². The molecule has 0 saturated heterocycles. The topological polar surface area (TPSA) is 28.4 Å². The van der Waals surface area contributed by atoms with E-state index >= 15 is 0 Å². The van der Waals surface area contributed by atoms with Crippen molar-refractivity contribution >= 4 is 34.6 Å². The van der Waals surface area contributed by atoms with Crippen LogP contribution in [-0.4, -0.2) is 17.1 Å². The fraction of sp³-hybridized carbons (Fsp3) is 0.154. The molecule has 2 rings (SSSR count). The van der Waals surface area contributed by atoms with Gasteiger partial charge in [0, 0.05) is 12.7 Å². The summed E-state index contributed by atoms with van der Waals surface area (Å²) in [7, 11) is 1.84. The van der Waals surface area contributed by atoms with E-state index in [2.05, 4.69) is 5.32 Å². The van der Waals surface area contributed by atoms with Gasteiger partial charge >= 0.3 is 0 Å². The Morgan fingerprint density at radius 3 is 2.89 bits per heavy atom. The summed E-state index contributed by atoms with van der Waals surface area (Å²) in [6.45, 7) is 0.549. The van der Waals surface area contributed by atoms with Crippen molar-refractivity contribution in [3.05, 3.63) is 53.2 Å². The van der Waals surface area contributed by atoms with Gasteiger partial charge in [-0.05, 0) is 42.5 Å². The Morgan fingerprint density at radius 2 is 2.26 bits per heavy atom. The smallest absolute Gasteiger partial charge is 0.173 e. The molecule has 0 atom stereocenters. The Balaban J connectivity index is 1.98. The molecule has 0 spiro atoms. The molecule has 2 aromatic rings. The van der Waals surface area contributed by atoms with Crippen molar-refractivity contribution in [3.8, 4) is 0 Å². The molecular formula is C13H12ClFN2OS. The van der Waals surface area contributed by atoms with Crippen LogP contribution in [0.5, 0.6) is 0 Å². The summed E-state index contributed by atoms with van der Waals surface area (Å²) in [5.74, 6) is 0.353. The van der Waals surface area contributed by atoms with E-state index < -0.39 is 5.82 Å². The molecule has 1 aromatic heterocycles. The molecule has 0 amide bonds. The Hall–Kier alpha value is -1.59. The Bertz CT molecular complexity index is 574. The molecule has 0 aliphatic carbocycles. The van der Waals surface area contributed by atoms with E-state index in [0.717, 1.165) is 5.76 Å². The van der Waals surface area contributed by atoms with Crippen LogP contribution in [0.1, 0.15) is 5.76 Å². The normalized spacial score (nSPS) is 10.3. The number of anilines is 1. The third kappa shape index (κ3) is 3.68. The summed E-state index contributed by atoms with van der Waals surface area (Å²) in [5.41, 5.74) is 0.641. The summed E-state index contributed by atoms with van der Waals surface area (Å²) in [5, 5.41) is 3.54.